The molecular formula is C13H16FN3S. The SMILES string of the molecule is Cc1cc(SC(CN)c2ccc(F)cc2)n(C)n1. The van der Waals surface area contributed by atoms with Crippen LogP contribution in [0, 0.1) is 12.7 Å². The first kappa shape index (κ1) is 13.1. The van der Waals surface area contributed by atoms with Crippen LogP contribution in [-0.4, -0.2) is 16.3 Å². The normalized spacial score (nSPS) is 12.7. The smallest absolute Gasteiger partial charge is 0.123 e. The van der Waals surface area contributed by atoms with E-state index in [1.165, 1.54) is 12.1 Å². The summed E-state index contributed by atoms with van der Waals surface area (Å²) < 4.78 is 14.7. The third-order valence-corrected chi connectivity index (χ3v) is 4.05. The predicted molar refractivity (Wildman–Crippen MR) is 72.0 cm³/mol. The topological polar surface area (TPSA) is 43.8 Å². The Kier molecular flexibility index (Phi) is 4.04. The monoisotopic (exact) mass is 265 g/mol. The average molecular weight is 265 g/mol. The first-order chi connectivity index (χ1) is 8.60. The van der Waals surface area contributed by atoms with Gasteiger partial charge in [0.2, 0.25) is 0 Å². The molecule has 0 aliphatic rings. The van der Waals surface area contributed by atoms with Crippen molar-refractivity contribution < 1.29 is 4.39 Å². The molecule has 0 bridgehead atoms. The van der Waals surface area contributed by atoms with Crippen LogP contribution in [-0.2, 0) is 7.05 Å². The van der Waals surface area contributed by atoms with Gasteiger partial charge in [0, 0.05) is 18.8 Å². The highest BCUT2D eigenvalue weighted by molar-refractivity contribution is 7.99. The van der Waals surface area contributed by atoms with Crippen LogP contribution in [0.1, 0.15) is 16.5 Å². The van der Waals surface area contributed by atoms with E-state index in [2.05, 4.69) is 5.10 Å². The number of benzene rings is 1. The van der Waals surface area contributed by atoms with Crippen LogP contribution in [0.15, 0.2) is 35.4 Å². The van der Waals surface area contributed by atoms with Crippen LogP contribution in [0.3, 0.4) is 0 Å². The van der Waals surface area contributed by atoms with Gasteiger partial charge in [0.1, 0.15) is 5.82 Å². The molecule has 18 heavy (non-hydrogen) atoms. The number of hydrogen-bond donors (Lipinski definition) is 1. The Balaban J connectivity index is 2.19. The summed E-state index contributed by atoms with van der Waals surface area (Å²) in [5, 5.41) is 5.47. The lowest BCUT2D eigenvalue weighted by Gasteiger charge is -2.14. The van der Waals surface area contributed by atoms with E-state index < -0.39 is 0 Å². The van der Waals surface area contributed by atoms with Crippen molar-refractivity contribution in [1.82, 2.24) is 9.78 Å². The van der Waals surface area contributed by atoms with Gasteiger partial charge in [0.25, 0.3) is 0 Å². The molecule has 0 aliphatic carbocycles. The molecule has 0 saturated carbocycles. The maximum Gasteiger partial charge on any atom is 0.123 e. The third kappa shape index (κ3) is 2.91. The Morgan fingerprint density at radius 2 is 2.06 bits per heavy atom. The maximum atomic E-state index is 12.9. The molecule has 96 valence electrons. The minimum absolute atomic E-state index is 0.111. The highest BCUT2D eigenvalue weighted by Crippen LogP contribution is 2.34. The fourth-order valence-corrected chi connectivity index (χ4v) is 2.89. The van der Waals surface area contributed by atoms with Gasteiger partial charge in [-0.05, 0) is 30.7 Å². The van der Waals surface area contributed by atoms with Gasteiger partial charge in [0.15, 0.2) is 0 Å². The molecule has 0 amide bonds. The molecule has 1 aromatic carbocycles. The quantitative estimate of drug-likeness (QED) is 0.864. The summed E-state index contributed by atoms with van der Waals surface area (Å²) in [6, 6.07) is 8.52. The summed E-state index contributed by atoms with van der Waals surface area (Å²) in [5.74, 6) is -0.226. The Morgan fingerprint density at radius 1 is 1.39 bits per heavy atom. The molecule has 0 fully saturated rings. The second-order valence-corrected chi connectivity index (χ2v) is 5.36. The fourth-order valence-electron chi connectivity index (χ4n) is 1.77. The molecule has 2 aromatic rings. The van der Waals surface area contributed by atoms with Crippen LogP contribution in [0.4, 0.5) is 4.39 Å². The molecule has 1 unspecified atom stereocenters. The van der Waals surface area contributed by atoms with Crippen LogP contribution in [0.5, 0.6) is 0 Å². The van der Waals surface area contributed by atoms with Crippen LogP contribution < -0.4 is 5.73 Å². The Hall–Kier alpha value is -1.33. The van der Waals surface area contributed by atoms with E-state index in [-0.39, 0.29) is 11.1 Å². The zero-order valence-corrected chi connectivity index (χ0v) is 11.2. The van der Waals surface area contributed by atoms with Crippen LogP contribution in [0.25, 0.3) is 0 Å². The van der Waals surface area contributed by atoms with Gasteiger partial charge in [-0.3, -0.25) is 4.68 Å². The van der Waals surface area contributed by atoms with E-state index in [9.17, 15) is 4.39 Å². The molecule has 1 aromatic heterocycles. The first-order valence-corrected chi connectivity index (χ1v) is 6.61. The van der Waals surface area contributed by atoms with Crippen molar-refractivity contribution in [3.63, 3.8) is 0 Å². The molecule has 0 saturated heterocycles. The van der Waals surface area contributed by atoms with E-state index >= 15 is 0 Å². The summed E-state index contributed by atoms with van der Waals surface area (Å²) in [7, 11) is 1.91. The number of nitrogens with two attached hydrogens (primary N) is 1. The molecular weight excluding hydrogens is 249 g/mol. The van der Waals surface area contributed by atoms with Crippen molar-refractivity contribution in [2.45, 2.75) is 17.2 Å². The van der Waals surface area contributed by atoms with Gasteiger partial charge in [0.05, 0.1) is 10.7 Å². The van der Waals surface area contributed by atoms with Gasteiger partial charge in [-0.1, -0.05) is 23.9 Å². The van der Waals surface area contributed by atoms with Crippen molar-refractivity contribution in [2.24, 2.45) is 12.8 Å². The van der Waals surface area contributed by atoms with E-state index in [1.54, 1.807) is 23.9 Å². The van der Waals surface area contributed by atoms with E-state index in [0.717, 1.165) is 16.3 Å². The fraction of sp³-hybridized carbons (Fsp3) is 0.308. The van der Waals surface area contributed by atoms with E-state index in [4.69, 9.17) is 5.73 Å². The molecule has 0 spiro atoms. The molecule has 0 radical (unpaired) electrons. The van der Waals surface area contributed by atoms with E-state index in [1.807, 2.05) is 24.7 Å². The second kappa shape index (κ2) is 5.54. The Labute approximate surface area is 110 Å². The minimum Gasteiger partial charge on any atom is -0.329 e. The van der Waals surface area contributed by atoms with Crippen LogP contribution >= 0.6 is 11.8 Å². The zero-order chi connectivity index (χ0) is 13.1. The Morgan fingerprint density at radius 3 is 2.56 bits per heavy atom. The third-order valence-electron chi connectivity index (χ3n) is 2.68. The number of aryl methyl sites for hydroxylation is 2. The van der Waals surface area contributed by atoms with Gasteiger partial charge in [-0.15, -0.1) is 0 Å². The highest BCUT2D eigenvalue weighted by Gasteiger charge is 2.14. The predicted octanol–water partition coefficient (Wildman–Crippen LogP) is 2.66. The first-order valence-electron chi connectivity index (χ1n) is 5.73. The number of hydrogen-bond acceptors (Lipinski definition) is 3. The summed E-state index contributed by atoms with van der Waals surface area (Å²) in [4.78, 5) is 0. The lowest BCUT2D eigenvalue weighted by Crippen LogP contribution is -2.10. The molecule has 5 heteroatoms. The minimum atomic E-state index is -0.226. The van der Waals surface area contributed by atoms with Crippen molar-refractivity contribution in [1.29, 1.82) is 0 Å². The van der Waals surface area contributed by atoms with Crippen molar-refractivity contribution in [2.75, 3.05) is 6.54 Å². The van der Waals surface area contributed by atoms with Gasteiger partial charge in [-0.2, -0.15) is 5.10 Å². The summed E-state index contributed by atoms with van der Waals surface area (Å²) in [5.41, 5.74) is 7.82. The molecule has 1 heterocycles. The van der Waals surface area contributed by atoms with Gasteiger partial charge < -0.3 is 5.73 Å². The molecule has 0 aliphatic heterocycles. The molecule has 2 N–H and O–H groups in total. The largest absolute Gasteiger partial charge is 0.329 e. The lowest BCUT2D eigenvalue weighted by molar-refractivity contribution is 0.627. The van der Waals surface area contributed by atoms with Gasteiger partial charge >= 0.3 is 0 Å². The van der Waals surface area contributed by atoms with Gasteiger partial charge in [-0.25, -0.2) is 4.39 Å². The molecule has 2 rings (SSSR count). The van der Waals surface area contributed by atoms with Crippen LogP contribution in [0.2, 0.25) is 0 Å². The summed E-state index contributed by atoms with van der Waals surface area (Å²) >= 11 is 1.65. The lowest BCUT2D eigenvalue weighted by atomic mass is 10.1. The summed E-state index contributed by atoms with van der Waals surface area (Å²) in [6.07, 6.45) is 0. The number of nitrogens with zero attached hydrogens (tertiary/aromatic N) is 2. The zero-order valence-electron chi connectivity index (χ0n) is 10.4. The Bertz CT molecular complexity index is 522. The molecule has 3 nitrogen and oxygen atoms in total. The molecule has 1 atom stereocenters. The number of halogens is 1. The number of rotatable bonds is 4. The highest BCUT2D eigenvalue weighted by atomic mass is 32.2. The maximum absolute atomic E-state index is 12.9. The number of thioether (sulfide) groups is 1. The van der Waals surface area contributed by atoms with Crippen molar-refractivity contribution in [3.8, 4) is 0 Å². The average Bonchev–Trinajstić information content (AvgIpc) is 2.66. The second-order valence-electron chi connectivity index (χ2n) is 4.14. The van der Waals surface area contributed by atoms with Crippen molar-refractivity contribution in [3.05, 3.63) is 47.4 Å². The summed E-state index contributed by atoms with van der Waals surface area (Å²) in [6.45, 7) is 2.46. The standard InChI is InChI=1S/C13H16FN3S/c1-9-7-13(17(2)16-9)18-12(8-15)10-3-5-11(14)6-4-10/h3-7,12H,8,15H2,1-2H3. The van der Waals surface area contributed by atoms with E-state index in [0.29, 0.717) is 6.54 Å². The van der Waals surface area contributed by atoms with Crippen molar-refractivity contribution >= 4 is 11.8 Å². The number of aromatic nitrogens is 2.